The number of halogens is 1. The van der Waals surface area contributed by atoms with Crippen LogP contribution in [-0.4, -0.2) is 41.9 Å². The molecule has 1 aliphatic rings. The lowest BCUT2D eigenvalue weighted by atomic mass is 10.0. The van der Waals surface area contributed by atoms with Gasteiger partial charge in [0.05, 0.1) is 5.56 Å². The number of likely N-dealkylation sites (tertiary alicyclic amines) is 1. The van der Waals surface area contributed by atoms with Crippen molar-refractivity contribution < 1.29 is 18.7 Å². The minimum atomic E-state index is -0.588. The summed E-state index contributed by atoms with van der Waals surface area (Å²) in [6, 6.07) is 13.6. The molecule has 1 heterocycles. The van der Waals surface area contributed by atoms with E-state index in [0.29, 0.717) is 31.8 Å². The highest BCUT2D eigenvalue weighted by atomic mass is 19.1. The Morgan fingerprint density at radius 1 is 1.03 bits per heavy atom. The second kappa shape index (κ2) is 9.74. The molecule has 2 aromatic carbocycles. The fourth-order valence-electron chi connectivity index (χ4n) is 3.72. The number of benzene rings is 2. The highest BCUT2D eigenvalue weighted by Crippen LogP contribution is 2.27. The van der Waals surface area contributed by atoms with Crippen LogP contribution in [0.25, 0.3) is 0 Å². The summed E-state index contributed by atoms with van der Waals surface area (Å²) in [6.45, 7) is 7.01. The number of rotatable bonds is 6. The summed E-state index contributed by atoms with van der Waals surface area (Å²) in [4.78, 5) is 26.9. The Morgan fingerprint density at radius 3 is 2.33 bits per heavy atom. The molecular weight excluding hydrogens is 383 g/mol. The molecule has 0 radical (unpaired) electrons. The van der Waals surface area contributed by atoms with Crippen LogP contribution < -0.4 is 10.1 Å². The van der Waals surface area contributed by atoms with Gasteiger partial charge in [0.2, 0.25) is 0 Å². The first kappa shape index (κ1) is 21.8. The van der Waals surface area contributed by atoms with E-state index in [0.717, 1.165) is 11.3 Å². The number of carbonyl (C=O) groups excluding carboxylic acids is 2. The molecule has 1 unspecified atom stereocenters. The molecule has 1 fully saturated rings. The number of amides is 2. The first-order chi connectivity index (χ1) is 14.4. The van der Waals surface area contributed by atoms with Crippen molar-refractivity contribution in [1.29, 1.82) is 0 Å². The number of hydrogen-bond donors (Lipinski definition) is 1. The number of piperidine rings is 1. The molecule has 0 saturated carbocycles. The maximum absolute atomic E-state index is 13.8. The summed E-state index contributed by atoms with van der Waals surface area (Å²) in [5.74, 6) is 0.0280. The Labute approximate surface area is 177 Å². The molecule has 1 N–H and O–H groups in total. The Hall–Kier alpha value is -2.89. The second-order valence-electron chi connectivity index (χ2n) is 8.01. The smallest absolute Gasteiger partial charge is 0.263 e. The average Bonchev–Trinajstić information content (AvgIpc) is 2.74. The van der Waals surface area contributed by atoms with Gasteiger partial charge in [-0.2, -0.15) is 0 Å². The van der Waals surface area contributed by atoms with E-state index in [1.807, 2.05) is 24.3 Å². The topological polar surface area (TPSA) is 58.6 Å². The summed E-state index contributed by atoms with van der Waals surface area (Å²) in [7, 11) is 0. The average molecular weight is 413 g/mol. The van der Waals surface area contributed by atoms with Crippen molar-refractivity contribution >= 4 is 11.8 Å². The van der Waals surface area contributed by atoms with Gasteiger partial charge in [-0.3, -0.25) is 9.59 Å². The molecule has 6 heteroatoms. The Morgan fingerprint density at radius 2 is 1.67 bits per heavy atom. The van der Waals surface area contributed by atoms with Gasteiger partial charge < -0.3 is 15.0 Å². The number of carbonyl (C=O) groups is 2. The van der Waals surface area contributed by atoms with Crippen LogP contribution in [0.15, 0.2) is 48.5 Å². The molecule has 30 heavy (non-hydrogen) atoms. The van der Waals surface area contributed by atoms with Gasteiger partial charge in [0.1, 0.15) is 11.6 Å². The lowest BCUT2D eigenvalue weighted by molar-refractivity contribution is -0.139. The molecule has 0 spiro atoms. The quantitative estimate of drug-likeness (QED) is 0.776. The summed E-state index contributed by atoms with van der Waals surface area (Å²) in [6.07, 6.45) is 0.664. The summed E-state index contributed by atoms with van der Waals surface area (Å²) in [5, 5.41) is 2.88. The standard InChI is InChI=1S/C24H29FN2O3/c1-16(2)19-8-5-7-11-22(19)30-17(3)24(29)27-14-12-18(13-15-27)26-23(28)20-9-4-6-10-21(20)25/h4-11,16-18H,12-15H2,1-3H3,(H,26,28). The van der Waals surface area contributed by atoms with Crippen molar-refractivity contribution in [2.75, 3.05) is 13.1 Å². The van der Waals surface area contributed by atoms with Crippen LogP contribution in [0.1, 0.15) is 55.5 Å². The number of hydrogen-bond acceptors (Lipinski definition) is 3. The minimum Gasteiger partial charge on any atom is -0.481 e. The SMILES string of the molecule is CC(Oc1ccccc1C(C)C)C(=O)N1CCC(NC(=O)c2ccccc2F)CC1. The number of nitrogens with one attached hydrogen (secondary N) is 1. The van der Waals surface area contributed by atoms with Gasteiger partial charge in [-0.1, -0.05) is 44.2 Å². The molecule has 2 aromatic rings. The van der Waals surface area contributed by atoms with E-state index in [1.54, 1.807) is 24.0 Å². The Balaban J connectivity index is 1.53. The monoisotopic (exact) mass is 412 g/mol. The molecule has 1 atom stereocenters. The van der Waals surface area contributed by atoms with Crippen molar-refractivity contribution in [3.63, 3.8) is 0 Å². The van der Waals surface area contributed by atoms with E-state index in [4.69, 9.17) is 4.74 Å². The normalized spacial score (nSPS) is 15.7. The third-order valence-corrected chi connectivity index (χ3v) is 5.45. The predicted octanol–water partition coefficient (Wildman–Crippen LogP) is 4.14. The maximum atomic E-state index is 13.8. The fraction of sp³-hybridized carbons (Fsp3) is 0.417. The van der Waals surface area contributed by atoms with Crippen molar-refractivity contribution in [3.8, 4) is 5.75 Å². The van der Waals surface area contributed by atoms with E-state index in [2.05, 4.69) is 19.2 Å². The zero-order valence-corrected chi connectivity index (χ0v) is 17.7. The first-order valence-electron chi connectivity index (χ1n) is 10.5. The fourth-order valence-corrected chi connectivity index (χ4v) is 3.72. The van der Waals surface area contributed by atoms with Gasteiger partial charge in [0, 0.05) is 19.1 Å². The number of para-hydroxylation sites is 1. The van der Waals surface area contributed by atoms with Crippen LogP contribution in [0.2, 0.25) is 0 Å². The second-order valence-corrected chi connectivity index (χ2v) is 8.01. The molecule has 5 nitrogen and oxygen atoms in total. The molecule has 1 saturated heterocycles. The highest BCUT2D eigenvalue weighted by Gasteiger charge is 2.28. The molecule has 3 rings (SSSR count). The van der Waals surface area contributed by atoms with Crippen LogP contribution >= 0.6 is 0 Å². The van der Waals surface area contributed by atoms with E-state index in [9.17, 15) is 14.0 Å². The van der Waals surface area contributed by atoms with Gasteiger partial charge in [0.25, 0.3) is 11.8 Å². The van der Waals surface area contributed by atoms with Crippen molar-refractivity contribution in [3.05, 3.63) is 65.5 Å². The van der Waals surface area contributed by atoms with Crippen LogP contribution in [0.5, 0.6) is 5.75 Å². The summed E-state index contributed by atoms with van der Waals surface area (Å²) < 4.78 is 19.8. The van der Waals surface area contributed by atoms with Gasteiger partial charge in [-0.15, -0.1) is 0 Å². The van der Waals surface area contributed by atoms with Crippen molar-refractivity contribution in [2.45, 2.75) is 51.7 Å². The van der Waals surface area contributed by atoms with Crippen molar-refractivity contribution in [1.82, 2.24) is 10.2 Å². The highest BCUT2D eigenvalue weighted by molar-refractivity contribution is 5.94. The number of ether oxygens (including phenoxy) is 1. The third kappa shape index (κ3) is 5.17. The maximum Gasteiger partial charge on any atom is 0.263 e. The Kier molecular flexibility index (Phi) is 7.08. The molecule has 0 bridgehead atoms. The van der Waals surface area contributed by atoms with Gasteiger partial charge in [0.15, 0.2) is 6.10 Å². The summed E-state index contributed by atoms with van der Waals surface area (Å²) >= 11 is 0. The zero-order valence-electron chi connectivity index (χ0n) is 17.7. The van der Waals surface area contributed by atoms with Crippen LogP contribution in [0.4, 0.5) is 4.39 Å². The molecule has 1 aliphatic heterocycles. The van der Waals surface area contributed by atoms with E-state index >= 15 is 0 Å². The molecule has 0 aliphatic carbocycles. The first-order valence-corrected chi connectivity index (χ1v) is 10.5. The van der Waals surface area contributed by atoms with Crippen molar-refractivity contribution in [2.24, 2.45) is 0 Å². The lowest BCUT2D eigenvalue weighted by Crippen LogP contribution is -2.49. The molecular formula is C24H29FN2O3. The lowest BCUT2D eigenvalue weighted by Gasteiger charge is -2.34. The van der Waals surface area contributed by atoms with Gasteiger partial charge in [-0.05, 0) is 49.4 Å². The minimum absolute atomic E-state index is 0.0434. The third-order valence-electron chi connectivity index (χ3n) is 5.45. The van der Waals surface area contributed by atoms with Gasteiger partial charge in [-0.25, -0.2) is 4.39 Å². The van der Waals surface area contributed by atoms with Crippen LogP contribution in [0, 0.1) is 5.82 Å². The van der Waals surface area contributed by atoms with E-state index in [-0.39, 0.29) is 17.5 Å². The predicted molar refractivity (Wildman–Crippen MR) is 114 cm³/mol. The molecule has 0 aromatic heterocycles. The molecule has 160 valence electrons. The van der Waals surface area contributed by atoms with E-state index < -0.39 is 17.8 Å². The molecule has 2 amide bonds. The Bertz CT molecular complexity index is 892. The van der Waals surface area contributed by atoms with E-state index in [1.165, 1.54) is 12.1 Å². The largest absolute Gasteiger partial charge is 0.481 e. The van der Waals surface area contributed by atoms with Gasteiger partial charge >= 0.3 is 0 Å². The number of nitrogens with zero attached hydrogens (tertiary/aromatic N) is 1. The zero-order chi connectivity index (χ0) is 21.7. The summed E-state index contributed by atoms with van der Waals surface area (Å²) in [5.41, 5.74) is 1.12. The van der Waals surface area contributed by atoms with Crippen LogP contribution in [-0.2, 0) is 4.79 Å². The van der Waals surface area contributed by atoms with Crippen LogP contribution in [0.3, 0.4) is 0 Å².